The number of urea groups is 1. The van der Waals surface area contributed by atoms with Gasteiger partial charge in [-0.1, -0.05) is 16.8 Å². The topological polar surface area (TPSA) is 105 Å². The fourth-order valence-electron chi connectivity index (χ4n) is 4.16. The van der Waals surface area contributed by atoms with Crippen LogP contribution in [-0.4, -0.2) is 54.2 Å². The molecular formula is C21H21ClN8O. The number of fused-ring (bicyclic) bond motifs is 1. The second-order valence-corrected chi connectivity index (χ2v) is 8.01. The molecule has 158 valence electrons. The molecule has 1 saturated heterocycles. The zero-order chi connectivity index (χ0) is 21.2. The van der Waals surface area contributed by atoms with Crippen LogP contribution >= 0.6 is 11.6 Å². The number of carbonyl (C=O) groups is 1. The van der Waals surface area contributed by atoms with E-state index in [1.165, 1.54) is 10.9 Å². The molecule has 2 N–H and O–H groups in total. The second-order valence-electron chi connectivity index (χ2n) is 7.57. The fraction of sp³-hybridized carbons (Fsp3) is 0.286. The van der Waals surface area contributed by atoms with Gasteiger partial charge in [-0.3, -0.25) is 4.98 Å². The Morgan fingerprint density at radius 1 is 1.19 bits per heavy atom. The van der Waals surface area contributed by atoms with E-state index in [4.69, 9.17) is 11.6 Å². The first-order chi connectivity index (χ1) is 15.2. The summed E-state index contributed by atoms with van der Waals surface area (Å²) in [6.45, 7) is 1.65. The number of tetrazole rings is 1. The molecule has 0 atom stereocenters. The number of benzene rings is 1. The van der Waals surface area contributed by atoms with Gasteiger partial charge >= 0.3 is 6.03 Å². The van der Waals surface area contributed by atoms with Crippen LogP contribution in [0.5, 0.6) is 0 Å². The minimum absolute atomic E-state index is 0.101. The summed E-state index contributed by atoms with van der Waals surface area (Å²) >= 11 is 6.06. The van der Waals surface area contributed by atoms with Crippen LogP contribution in [-0.2, 0) is 6.54 Å². The van der Waals surface area contributed by atoms with Crippen molar-refractivity contribution in [2.45, 2.75) is 25.3 Å². The third-order valence-corrected chi connectivity index (χ3v) is 6.00. The maximum atomic E-state index is 12.5. The molecule has 3 aromatic heterocycles. The van der Waals surface area contributed by atoms with Crippen LogP contribution in [0.4, 0.5) is 4.79 Å². The molecule has 31 heavy (non-hydrogen) atoms. The largest absolute Gasteiger partial charge is 0.331 e. The summed E-state index contributed by atoms with van der Waals surface area (Å²) in [6, 6.07) is 9.77. The third kappa shape index (κ3) is 3.96. The van der Waals surface area contributed by atoms with Crippen molar-refractivity contribution >= 4 is 28.5 Å². The minimum Gasteiger partial charge on any atom is -0.331 e. The van der Waals surface area contributed by atoms with Crippen molar-refractivity contribution in [3.8, 4) is 5.69 Å². The first kappa shape index (κ1) is 19.5. The summed E-state index contributed by atoms with van der Waals surface area (Å²) in [5.41, 5.74) is 3.41. The summed E-state index contributed by atoms with van der Waals surface area (Å²) in [5, 5.41) is 18.3. The number of pyridine rings is 1. The lowest BCUT2D eigenvalue weighted by atomic mass is 9.89. The SMILES string of the molecule is O=C(NCc1nn[nH]n1)N1CCC(c2cn(-c3ccc(Cl)cc3)c3cnccc23)CC1. The molecule has 0 bridgehead atoms. The molecule has 10 heteroatoms. The monoisotopic (exact) mass is 436 g/mol. The fourth-order valence-corrected chi connectivity index (χ4v) is 4.28. The van der Waals surface area contributed by atoms with Crippen LogP contribution in [0.1, 0.15) is 30.1 Å². The van der Waals surface area contributed by atoms with Crippen LogP contribution in [0.25, 0.3) is 16.6 Å². The number of piperidine rings is 1. The van der Waals surface area contributed by atoms with E-state index in [0.29, 0.717) is 29.9 Å². The number of amides is 2. The highest BCUT2D eigenvalue weighted by Crippen LogP contribution is 2.35. The van der Waals surface area contributed by atoms with Gasteiger partial charge in [-0.25, -0.2) is 4.79 Å². The van der Waals surface area contributed by atoms with Gasteiger partial charge in [0.25, 0.3) is 0 Å². The predicted octanol–water partition coefficient (Wildman–Crippen LogP) is 3.28. The highest BCUT2D eigenvalue weighted by Gasteiger charge is 2.26. The number of aromatic nitrogens is 6. The lowest BCUT2D eigenvalue weighted by molar-refractivity contribution is 0.181. The number of aromatic amines is 1. The van der Waals surface area contributed by atoms with E-state index in [1.807, 2.05) is 41.6 Å². The van der Waals surface area contributed by atoms with E-state index in [1.54, 1.807) is 0 Å². The number of nitrogens with one attached hydrogen (secondary N) is 2. The quantitative estimate of drug-likeness (QED) is 0.510. The molecule has 5 rings (SSSR count). The Morgan fingerprint density at radius 3 is 2.74 bits per heavy atom. The first-order valence-corrected chi connectivity index (χ1v) is 10.5. The second kappa shape index (κ2) is 8.35. The van der Waals surface area contributed by atoms with Gasteiger partial charge < -0.3 is 14.8 Å². The summed E-state index contributed by atoms with van der Waals surface area (Å²) in [7, 11) is 0. The Kier molecular flexibility index (Phi) is 5.25. The number of likely N-dealkylation sites (tertiary alicyclic amines) is 1. The standard InChI is InChI=1S/C21H21ClN8O/c22-15-1-3-16(4-2-15)30-13-18(17-5-8-23-11-19(17)30)14-6-9-29(10-7-14)21(31)24-12-20-25-27-28-26-20/h1-5,8,11,13-14H,6-7,9-10,12H2,(H,24,31)(H,25,26,27,28). The normalized spacial score (nSPS) is 14.8. The van der Waals surface area contributed by atoms with Gasteiger partial charge in [0.2, 0.25) is 0 Å². The van der Waals surface area contributed by atoms with E-state index in [9.17, 15) is 4.79 Å². The van der Waals surface area contributed by atoms with E-state index in [2.05, 4.69) is 47.8 Å². The molecular weight excluding hydrogens is 416 g/mol. The molecule has 1 aliphatic rings. The van der Waals surface area contributed by atoms with Crippen molar-refractivity contribution in [1.82, 2.24) is 40.4 Å². The molecule has 2 amide bonds. The minimum atomic E-state index is -0.101. The summed E-state index contributed by atoms with van der Waals surface area (Å²) in [5.74, 6) is 0.839. The van der Waals surface area contributed by atoms with Crippen LogP contribution in [0.2, 0.25) is 5.02 Å². The maximum absolute atomic E-state index is 12.5. The Bertz CT molecular complexity index is 1180. The number of hydrogen-bond donors (Lipinski definition) is 2. The molecule has 4 aromatic rings. The molecule has 0 radical (unpaired) electrons. The van der Waals surface area contributed by atoms with Crippen molar-refractivity contribution in [3.05, 3.63) is 65.3 Å². The van der Waals surface area contributed by atoms with Gasteiger partial charge in [-0.05, 0) is 54.7 Å². The number of carbonyl (C=O) groups excluding carboxylic acids is 1. The van der Waals surface area contributed by atoms with E-state index in [-0.39, 0.29) is 12.6 Å². The number of nitrogens with zero attached hydrogens (tertiary/aromatic N) is 6. The zero-order valence-corrected chi connectivity index (χ0v) is 17.5. The molecule has 0 saturated carbocycles. The molecule has 0 aliphatic carbocycles. The van der Waals surface area contributed by atoms with Crippen LogP contribution < -0.4 is 5.32 Å². The zero-order valence-electron chi connectivity index (χ0n) is 16.7. The van der Waals surface area contributed by atoms with Gasteiger partial charge in [-0.15, -0.1) is 10.2 Å². The Hall–Kier alpha value is -3.46. The van der Waals surface area contributed by atoms with E-state index < -0.39 is 0 Å². The van der Waals surface area contributed by atoms with Crippen molar-refractivity contribution in [3.63, 3.8) is 0 Å². The average Bonchev–Trinajstić information content (AvgIpc) is 3.46. The van der Waals surface area contributed by atoms with Crippen molar-refractivity contribution in [1.29, 1.82) is 0 Å². The summed E-state index contributed by atoms with van der Waals surface area (Å²) in [6.07, 6.45) is 7.73. The highest BCUT2D eigenvalue weighted by molar-refractivity contribution is 6.30. The summed E-state index contributed by atoms with van der Waals surface area (Å²) in [4.78, 5) is 18.6. The van der Waals surface area contributed by atoms with Gasteiger partial charge in [0.15, 0.2) is 5.82 Å². The van der Waals surface area contributed by atoms with Gasteiger partial charge in [0.1, 0.15) is 0 Å². The number of H-pyrrole nitrogens is 1. The van der Waals surface area contributed by atoms with Crippen LogP contribution in [0, 0.1) is 0 Å². The molecule has 1 aromatic carbocycles. The molecule has 1 fully saturated rings. The van der Waals surface area contributed by atoms with E-state index >= 15 is 0 Å². The number of halogens is 1. The lowest BCUT2D eigenvalue weighted by Crippen LogP contribution is -2.43. The Labute approximate surface area is 183 Å². The number of hydrogen-bond acceptors (Lipinski definition) is 5. The van der Waals surface area contributed by atoms with Crippen LogP contribution in [0.15, 0.2) is 48.9 Å². The van der Waals surface area contributed by atoms with Gasteiger partial charge in [-0.2, -0.15) is 5.21 Å². The summed E-state index contributed by atoms with van der Waals surface area (Å²) < 4.78 is 2.16. The smallest absolute Gasteiger partial charge is 0.317 e. The molecule has 1 aliphatic heterocycles. The molecule has 9 nitrogen and oxygen atoms in total. The predicted molar refractivity (Wildman–Crippen MR) is 116 cm³/mol. The Morgan fingerprint density at radius 2 is 2.00 bits per heavy atom. The van der Waals surface area contributed by atoms with Crippen molar-refractivity contribution < 1.29 is 4.79 Å². The van der Waals surface area contributed by atoms with Crippen molar-refractivity contribution in [2.75, 3.05) is 13.1 Å². The van der Waals surface area contributed by atoms with E-state index in [0.717, 1.165) is 24.0 Å². The van der Waals surface area contributed by atoms with Crippen LogP contribution in [0.3, 0.4) is 0 Å². The molecule has 0 spiro atoms. The first-order valence-electron chi connectivity index (χ1n) is 10.1. The van der Waals surface area contributed by atoms with Gasteiger partial charge in [0.05, 0.1) is 18.3 Å². The Balaban J connectivity index is 1.32. The maximum Gasteiger partial charge on any atom is 0.317 e. The van der Waals surface area contributed by atoms with Crippen molar-refractivity contribution in [2.24, 2.45) is 0 Å². The average molecular weight is 437 g/mol. The molecule has 0 unspecified atom stereocenters. The highest BCUT2D eigenvalue weighted by atomic mass is 35.5. The third-order valence-electron chi connectivity index (χ3n) is 5.75. The molecule has 4 heterocycles. The van der Waals surface area contributed by atoms with Gasteiger partial charge in [0, 0.05) is 41.6 Å². The lowest BCUT2D eigenvalue weighted by Gasteiger charge is -2.32. The number of rotatable bonds is 4.